The maximum atomic E-state index is 6.52. The van der Waals surface area contributed by atoms with Crippen LogP contribution in [0.5, 0.6) is 0 Å². The zero-order valence-electron chi connectivity index (χ0n) is 13.2. The molecular weight excluding hydrogens is 256 g/mol. The van der Waals surface area contributed by atoms with Crippen LogP contribution in [0.15, 0.2) is 11.8 Å². The van der Waals surface area contributed by atoms with E-state index in [-0.39, 0.29) is 12.2 Å². The molecule has 3 atom stereocenters. The highest BCUT2D eigenvalue weighted by molar-refractivity contribution is 6.73. The molecule has 0 saturated carbocycles. The molecule has 0 aromatic rings. The van der Waals surface area contributed by atoms with Crippen molar-refractivity contribution in [3.8, 4) is 0 Å². The molecule has 2 rings (SSSR count). The molecule has 0 amide bonds. The minimum Gasteiger partial charge on any atom is -0.545 e. The average Bonchev–Trinajstić information content (AvgIpc) is 2.83. The highest BCUT2D eigenvalue weighted by Gasteiger charge is 2.50. The van der Waals surface area contributed by atoms with Gasteiger partial charge in [-0.2, -0.15) is 0 Å². The molecule has 1 aliphatic heterocycles. The van der Waals surface area contributed by atoms with Crippen LogP contribution in [0.2, 0.25) is 18.1 Å². The van der Waals surface area contributed by atoms with Crippen molar-refractivity contribution in [3.63, 3.8) is 0 Å². The molecule has 2 aliphatic rings. The summed E-state index contributed by atoms with van der Waals surface area (Å²) in [5, 5.41) is 0. The van der Waals surface area contributed by atoms with Gasteiger partial charge in [0, 0.05) is 5.92 Å². The average molecular weight is 284 g/mol. The third kappa shape index (κ3) is 2.76. The third-order valence-electron chi connectivity index (χ3n) is 4.62. The SMILES string of the molecule is CC[Si](CC)(CC)OC1=CC(C)[C@H]2OC(C)(C)O[C@@H]12. The summed E-state index contributed by atoms with van der Waals surface area (Å²) < 4.78 is 18.6. The molecule has 19 heavy (non-hydrogen) atoms. The van der Waals surface area contributed by atoms with Crippen molar-refractivity contribution in [3.05, 3.63) is 11.8 Å². The summed E-state index contributed by atoms with van der Waals surface area (Å²) in [6.45, 7) is 12.9. The summed E-state index contributed by atoms with van der Waals surface area (Å²) in [7, 11) is -1.62. The predicted octanol–water partition coefficient (Wildman–Crippen LogP) is 4.06. The Morgan fingerprint density at radius 3 is 2.26 bits per heavy atom. The molecular formula is C15H28O3Si. The normalized spacial score (nSPS) is 33.2. The fourth-order valence-electron chi connectivity index (χ4n) is 3.15. The van der Waals surface area contributed by atoms with Gasteiger partial charge in [0.1, 0.15) is 18.0 Å². The molecule has 1 fully saturated rings. The van der Waals surface area contributed by atoms with Gasteiger partial charge in [-0.3, -0.25) is 0 Å². The highest BCUT2D eigenvalue weighted by atomic mass is 28.4. The Hall–Kier alpha value is -0.323. The Kier molecular flexibility index (Phi) is 4.14. The predicted molar refractivity (Wildman–Crippen MR) is 79.4 cm³/mol. The van der Waals surface area contributed by atoms with Crippen molar-refractivity contribution in [1.82, 2.24) is 0 Å². The second-order valence-corrected chi connectivity index (χ2v) is 11.0. The Balaban J connectivity index is 2.15. The Morgan fingerprint density at radius 1 is 1.16 bits per heavy atom. The van der Waals surface area contributed by atoms with E-state index in [1.165, 1.54) is 0 Å². The molecule has 0 radical (unpaired) electrons. The lowest BCUT2D eigenvalue weighted by Gasteiger charge is -2.31. The van der Waals surface area contributed by atoms with Gasteiger partial charge in [0.15, 0.2) is 5.79 Å². The first-order valence-electron chi connectivity index (χ1n) is 7.62. The highest BCUT2D eigenvalue weighted by Crippen LogP contribution is 2.43. The van der Waals surface area contributed by atoms with Crippen LogP contribution >= 0.6 is 0 Å². The lowest BCUT2D eigenvalue weighted by atomic mass is 10.1. The van der Waals surface area contributed by atoms with Crippen LogP contribution in [-0.4, -0.2) is 26.3 Å². The fourth-order valence-corrected chi connectivity index (χ4v) is 5.77. The zero-order valence-corrected chi connectivity index (χ0v) is 14.2. The molecule has 3 nitrogen and oxygen atoms in total. The number of rotatable bonds is 5. The van der Waals surface area contributed by atoms with Gasteiger partial charge in [-0.05, 0) is 38.1 Å². The molecule has 0 aromatic heterocycles. The van der Waals surface area contributed by atoms with Crippen LogP contribution < -0.4 is 0 Å². The van der Waals surface area contributed by atoms with Crippen molar-refractivity contribution in [2.45, 2.75) is 77.7 Å². The molecule has 1 aliphatic carbocycles. The first-order valence-corrected chi connectivity index (χ1v) is 10.2. The summed E-state index contributed by atoms with van der Waals surface area (Å²) in [4.78, 5) is 0. The first-order chi connectivity index (χ1) is 8.86. The lowest BCUT2D eigenvalue weighted by molar-refractivity contribution is -0.149. The second kappa shape index (κ2) is 5.22. The van der Waals surface area contributed by atoms with Crippen molar-refractivity contribution in [1.29, 1.82) is 0 Å². The summed E-state index contributed by atoms with van der Waals surface area (Å²) in [5.41, 5.74) is 0. The molecule has 110 valence electrons. The van der Waals surface area contributed by atoms with Crippen LogP contribution in [0.4, 0.5) is 0 Å². The van der Waals surface area contributed by atoms with E-state index in [1.54, 1.807) is 0 Å². The van der Waals surface area contributed by atoms with E-state index in [9.17, 15) is 0 Å². The topological polar surface area (TPSA) is 27.7 Å². The minimum absolute atomic E-state index is 0.00141. The molecule has 1 heterocycles. The van der Waals surface area contributed by atoms with Crippen LogP contribution in [-0.2, 0) is 13.9 Å². The van der Waals surface area contributed by atoms with Gasteiger partial charge in [-0.15, -0.1) is 0 Å². The lowest BCUT2D eigenvalue weighted by Crippen LogP contribution is -2.38. The summed E-state index contributed by atoms with van der Waals surface area (Å²) in [5.74, 6) is 0.931. The van der Waals surface area contributed by atoms with Crippen LogP contribution in [0, 0.1) is 5.92 Å². The molecule has 0 spiro atoms. The molecule has 0 aromatic carbocycles. The number of hydrogen-bond acceptors (Lipinski definition) is 3. The largest absolute Gasteiger partial charge is 0.545 e. The molecule has 1 saturated heterocycles. The second-order valence-electron chi connectivity index (χ2n) is 6.29. The van der Waals surface area contributed by atoms with Crippen LogP contribution in [0.3, 0.4) is 0 Å². The van der Waals surface area contributed by atoms with Crippen LogP contribution in [0.1, 0.15) is 41.5 Å². The van der Waals surface area contributed by atoms with Crippen molar-refractivity contribution < 1.29 is 13.9 Å². The maximum Gasteiger partial charge on any atom is 0.250 e. The Morgan fingerprint density at radius 2 is 1.74 bits per heavy atom. The van der Waals surface area contributed by atoms with E-state index in [4.69, 9.17) is 13.9 Å². The molecule has 4 heteroatoms. The first kappa shape index (κ1) is 15.1. The third-order valence-corrected chi connectivity index (χ3v) is 9.16. The quantitative estimate of drug-likeness (QED) is 0.713. The van der Waals surface area contributed by atoms with Gasteiger partial charge in [-0.25, -0.2) is 0 Å². The number of ether oxygens (including phenoxy) is 2. The monoisotopic (exact) mass is 284 g/mol. The van der Waals surface area contributed by atoms with E-state index in [1.807, 2.05) is 13.8 Å². The zero-order chi connectivity index (χ0) is 14.3. The molecule has 0 N–H and O–H groups in total. The molecule has 1 unspecified atom stereocenters. The minimum atomic E-state index is -1.62. The number of hydrogen-bond donors (Lipinski definition) is 0. The van der Waals surface area contributed by atoms with Gasteiger partial charge in [0.25, 0.3) is 0 Å². The van der Waals surface area contributed by atoms with Crippen molar-refractivity contribution >= 4 is 8.32 Å². The maximum absolute atomic E-state index is 6.52. The van der Waals surface area contributed by atoms with Crippen molar-refractivity contribution in [2.24, 2.45) is 5.92 Å². The summed E-state index contributed by atoms with van der Waals surface area (Å²) in [6, 6.07) is 3.48. The fraction of sp³-hybridized carbons (Fsp3) is 0.867. The molecule has 0 bridgehead atoms. The van der Waals surface area contributed by atoms with Crippen LogP contribution in [0.25, 0.3) is 0 Å². The number of fused-ring (bicyclic) bond motifs is 1. The Bertz CT molecular complexity index is 352. The van der Waals surface area contributed by atoms with Gasteiger partial charge in [-0.1, -0.05) is 27.7 Å². The smallest absolute Gasteiger partial charge is 0.250 e. The van der Waals surface area contributed by atoms with Gasteiger partial charge < -0.3 is 13.9 Å². The van der Waals surface area contributed by atoms with Gasteiger partial charge >= 0.3 is 0 Å². The standard InChI is InChI=1S/C15H28O3Si/c1-7-19(8-2,9-3)18-12-10-11(4)13-14(12)17-15(5,6)16-13/h10-11,13-14H,7-9H2,1-6H3/t11?,13-,14+/m1/s1. The van der Waals surface area contributed by atoms with Gasteiger partial charge in [0.05, 0.1) is 0 Å². The van der Waals surface area contributed by atoms with E-state index in [0.29, 0.717) is 5.92 Å². The summed E-state index contributed by atoms with van der Waals surface area (Å²) >= 11 is 0. The van der Waals surface area contributed by atoms with E-state index < -0.39 is 14.1 Å². The van der Waals surface area contributed by atoms with Gasteiger partial charge in [0.2, 0.25) is 8.32 Å². The Labute approximate surface area is 118 Å². The van der Waals surface area contributed by atoms with E-state index in [2.05, 4.69) is 33.8 Å². The van der Waals surface area contributed by atoms with E-state index in [0.717, 1.165) is 23.9 Å². The summed E-state index contributed by atoms with van der Waals surface area (Å²) in [6.07, 6.45) is 2.34. The van der Waals surface area contributed by atoms with Crippen molar-refractivity contribution in [2.75, 3.05) is 0 Å². The van der Waals surface area contributed by atoms with E-state index >= 15 is 0 Å².